The van der Waals surface area contributed by atoms with Crippen LogP contribution in [0, 0.1) is 0 Å². The number of aliphatic imine (C=N–C) groups is 1. The smallest absolute Gasteiger partial charge is 0.242 e. The summed E-state index contributed by atoms with van der Waals surface area (Å²) in [5.74, 6) is 0.0770. The molecule has 1 unspecified atom stereocenters. The lowest BCUT2D eigenvalue weighted by atomic mass is 9.89. The first-order valence-corrected chi connectivity index (χ1v) is 5.05. The molecule has 1 heterocycles. The molecule has 1 aliphatic carbocycles. The van der Waals surface area contributed by atoms with Gasteiger partial charge in [-0.05, 0) is 26.2 Å². The number of nitrogens with one attached hydrogen (secondary N) is 1. The first kappa shape index (κ1) is 8.73. The van der Waals surface area contributed by atoms with Gasteiger partial charge in [-0.3, -0.25) is 9.79 Å². The van der Waals surface area contributed by atoms with E-state index in [9.17, 15) is 4.79 Å². The van der Waals surface area contributed by atoms with Gasteiger partial charge in [-0.2, -0.15) is 0 Å². The molecule has 0 radical (unpaired) electrons. The van der Waals surface area contributed by atoms with Crippen LogP contribution in [0.4, 0.5) is 0 Å². The zero-order valence-corrected chi connectivity index (χ0v) is 8.10. The lowest BCUT2D eigenvalue weighted by Crippen LogP contribution is -2.55. The molecule has 3 heteroatoms. The van der Waals surface area contributed by atoms with Crippen molar-refractivity contribution in [1.82, 2.24) is 5.32 Å². The molecule has 0 aromatic heterocycles. The third-order valence-corrected chi connectivity index (χ3v) is 3.06. The molecule has 1 atom stereocenters. The van der Waals surface area contributed by atoms with Gasteiger partial charge in [0.15, 0.2) is 0 Å². The van der Waals surface area contributed by atoms with Gasteiger partial charge in [-0.15, -0.1) is 0 Å². The van der Waals surface area contributed by atoms with Crippen molar-refractivity contribution in [2.45, 2.75) is 44.6 Å². The molecule has 13 heavy (non-hydrogen) atoms. The molecule has 2 aliphatic rings. The van der Waals surface area contributed by atoms with Crippen LogP contribution in [-0.2, 0) is 4.79 Å². The van der Waals surface area contributed by atoms with Gasteiger partial charge in [-0.25, -0.2) is 0 Å². The molecule has 0 saturated heterocycles. The molecule has 0 aromatic rings. The van der Waals surface area contributed by atoms with E-state index in [1.54, 1.807) is 0 Å². The fraction of sp³-hybridized carbons (Fsp3) is 0.800. The maximum Gasteiger partial charge on any atom is 0.242 e. The fourth-order valence-electron chi connectivity index (χ4n) is 2.27. The van der Waals surface area contributed by atoms with E-state index in [1.165, 1.54) is 25.0 Å². The number of amides is 1. The number of carbonyl (C=O) groups excluding carboxylic acids is 1. The average Bonchev–Trinajstić information content (AvgIpc) is 2.24. The minimum Gasteiger partial charge on any atom is -0.344 e. The van der Waals surface area contributed by atoms with Crippen LogP contribution >= 0.6 is 0 Å². The third kappa shape index (κ3) is 1.60. The first-order valence-electron chi connectivity index (χ1n) is 5.05. The molecule has 1 fully saturated rings. The summed E-state index contributed by atoms with van der Waals surface area (Å²) in [6.07, 6.45) is 5.82. The van der Waals surface area contributed by atoms with Gasteiger partial charge in [0.2, 0.25) is 5.91 Å². The zero-order valence-electron chi connectivity index (χ0n) is 8.10. The monoisotopic (exact) mass is 180 g/mol. The van der Waals surface area contributed by atoms with Crippen LogP contribution in [0.2, 0.25) is 0 Å². The van der Waals surface area contributed by atoms with E-state index in [4.69, 9.17) is 0 Å². The van der Waals surface area contributed by atoms with Gasteiger partial charge < -0.3 is 5.32 Å². The van der Waals surface area contributed by atoms with Crippen LogP contribution in [0.3, 0.4) is 0 Å². The quantitative estimate of drug-likeness (QED) is 0.599. The second kappa shape index (κ2) is 3.13. The second-order valence-corrected chi connectivity index (χ2v) is 4.20. The number of carbonyl (C=O) groups is 1. The maximum atomic E-state index is 11.2. The van der Waals surface area contributed by atoms with Crippen molar-refractivity contribution in [3.8, 4) is 0 Å². The summed E-state index contributed by atoms with van der Waals surface area (Å²) in [6.45, 7) is 2.44. The minimum atomic E-state index is -0.119. The SMILES string of the molecule is CC12CCCCCC1=NCC(=O)N2. The van der Waals surface area contributed by atoms with Gasteiger partial charge >= 0.3 is 0 Å². The molecule has 0 bridgehead atoms. The summed E-state index contributed by atoms with van der Waals surface area (Å²) in [5, 5.41) is 3.06. The zero-order chi connectivity index (χ0) is 9.31. The summed E-state index contributed by atoms with van der Waals surface area (Å²) in [5.41, 5.74) is 1.09. The number of nitrogens with zero attached hydrogens (tertiary/aromatic N) is 1. The molecule has 2 rings (SSSR count). The van der Waals surface area contributed by atoms with E-state index in [-0.39, 0.29) is 11.4 Å². The molecule has 1 saturated carbocycles. The Bertz CT molecular complexity index is 260. The molecule has 1 amide bonds. The molecule has 72 valence electrons. The lowest BCUT2D eigenvalue weighted by molar-refractivity contribution is -0.121. The van der Waals surface area contributed by atoms with Gasteiger partial charge in [0.05, 0.1) is 5.54 Å². The normalized spacial score (nSPS) is 34.2. The van der Waals surface area contributed by atoms with E-state index < -0.39 is 0 Å². The van der Waals surface area contributed by atoms with E-state index >= 15 is 0 Å². The molecule has 0 spiro atoms. The Kier molecular flexibility index (Phi) is 2.10. The summed E-state index contributed by atoms with van der Waals surface area (Å²) >= 11 is 0. The second-order valence-electron chi connectivity index (χ2n) is 4.20. The summed E-state index contributed by atoms with van der Waals surface area (Å²) in [7, 11) is 0. The predicted octanol–water partition coefficient (Wildman–Crippen LogP) is 1.28. The summed E-state index contributed by atoms with van der Waals surface area (Å²) < 4.78 is 0. The van der Waals surface area contributed by atoms with Gasteiger partial charge in [0.1, 0.15) is 6.54 Å². The summed E-state index contributed by atoms with van der Waals surface area (Å²) in [4.78, 5) is 15.6. The number of hydrogen-bond acceptors (Lipinski definition) is 2. The van der Waals surface area contributed by atoms with Crippen LogP contribution in [-0.4, -0.2) is 23.7 Å². The molecular weight excluding hydrogens is 164 g/mol. The Balaban J connectivity index is 2.26. The van der Waals surface area contributed by atoms with Gasteiger partial charge in [0, 0.05) is 5.71 Å². The number of fused-ring (bicyclic) bond motifs is 1. The van der Waals surface area contributed by atoms with Crippen molar-refractivity contribution < 1.29 is 4.79 Å². The van der Waals surface area contributed by atoms with Crippen LogP contribution in [0.15, 0.2) is 4.99 Å². The lowest BCUT2D eigenvalue weighted by Gasteiger charge is -2.34. The maximum absolute atomic E-state index is 11.2. The molecular formula is C10H16N2O. The third-order valence-electron chi connectivity index (χ3n) is 3.06. The molecule has 1 aliphatic heterocycles. The minimum absolute atomic E-state index is 0.0770. The van der Waals surface area contributed by atoms with Crippen LogP contribution in [0.1, 0.15) is 39.0 Å². The Hall–Kier alpha value is -0.860. The van der Waals surface area contributed by atoms with Crippen LogP contribution in [0.25, 0.3) is 0 Å². The van der Waals surface area contributed by atoms with Crippen LogP contribution < -0.4 is 5.32 Å². The van der Waals surface area contributed by atoms with E-state index in [0.29, 0.717) is 6.54 Å². The van der Waals surface area contributed by atoms with Gasteiger partial charge in [0.25, 0.3) is 0 Å². The van der Waals surface area contributed by atoms with Gasteiger partial charge in [-0.1, -0.05) is 12.8 Å². The van der Waals surface area contributed by atoms with Crippen molar-refractivity contribution >= 4 is 11.6 Å². The highest BCUT2D eigenvalue weighted by molar-refractivity contribution is 6.00. The standard InChI is InChI=1S/C10H16N2O/c1-10-6-4-2-3-5-8(10)11-7-9(13)12-10/h2-7H2,1H3,(H,12,13). The Morgan fingerprint density at radius 1 is 1.38 bits per heavy atom. The average molecular weight is 180 g/mol. The largest absolute Gasteiger partial charge is 0.344 e. The molecule has 1 N–H and O–H groups in total. The van der Waals surface area contributed by atoms with E-state index in [1.807, 2.05) is 0 Å². The Morgan fingerprint density at radius 3 is 3.08 bits per heavy atom. The van der Waals surface area contributed by atoms with E-state index in [0.717, 1.165) is 12.8 Å². The van der Waals surface area contributed by atoms with Crippen LogP contribution in [0.5, 0.6) is 0 Å². The Labute approximate surface area is 78.6 Å². The highest BCUT2D eigenvalue weighted by atomic mass is 16.2. The van der Waals surface area contributed by atoms with E-state index in [2.05, 4.69) is 17.2 Å². The van der Waals surface area contributed by atoms with Crippen molar-refractivity contribution in [2.75, 3.05) is 6.54 Å². The van der Waals surface area contributed by atoms with Crippen molar-refractivity contribution in [1.29, 1.82) is 0 Å². The highest BCUT2D eigenvalue weighted by Gasteiger charge is 2.35. The van der Waals surface area contributed by atoms with Crippen molar-refractivity contribution in [3.63, 3.8) is 0 Å². The first-order chi connectivity index (χ1) is 6.21. The molecule has 3 nitrogen and oxygen atoms in total. The summed E-state index contributed by atoms with van der Waals surface area (Å²) in [6, 6.07) is 0. The number of rotatable bonds is 0. The Morgan fingerprint density at radius 2 is 2.23 bits per heavy atom. The molecule has 0 aromatic carbocycles. The predicted molar refractivity (Wildman–Crippen MR) is 51.9 cm³/mol. The topological polar surface area (TPSA) is 41.5 Å². The highest BCUT2D eigenvalue weighted by Crippen LogP contribution is 2.26. The van der Waals surface area contributed by atoms with Crippen molar-refractivity contribution in [2.24, 2.45) is 4.99 Å². The number of hydrogen-bond donors (Lipinski definition) is 1. The fourth-order valence-corrected chi connectivity index (χ4v) is 2.27. The van der Waals surface area contributed by atoms with Crippen molar-refractivity contribution in [3.05, 3.63) is 0 Å².